The Morgan fingerprint density at radius 1 is 0.818 bits per heavy atom. The minimum atomic E-state index is -0.473. The van der Waals surface area contributed by atoms with Gasteiger partial charge in [0, 0.05) is 17.8 Å². The van der Waals surface area contributed by atoms with Crippen LogP contribution >= 0.6 is 0 Å². The molecule has 2 aromatic carbocycles. The highest BCUT2D eigenvalue weighted by atomic mass is 19.1. The van der Waals surface area contributed by atoms with Crippen molar-refractivity contribution < 1.29 is 4.39 Å². The first-order valence-corrected chi connectivity index (χ1v) is 6.97. The Hall–Kier alpha value is -3.01. The fourth-order valence-corrected chi connectivity index (χ4v) is 2.49. The van der Waals surface area contributed by atoms with Crippen molar-refractivity contribution in [2.45, 2.75) is 0 Å². The summed E-state index contributed by atoms with van der Waals surface area (Å²) in [6, 6.07) is 19.0. The molecule has 0 atom stereocenters. The van der Waals surface area contributed by atoms with E-state index in [1.807, 2.05) is 48.5 Å². The van der Waals surface area contributed by atoms with E-state index in [4.69, 9.17) is 0 Å². The lowest BCUT2D eigenvalue weighted by molar-refractivity contribution is 0.584. The topological polar surface area (TPSA) is 41.6 Å². The first kappa shape index (κ1) is 12.7. The highest BCUT2D eigenvalue weighted by molar-refractivity contribution is 5.79. The quantitative estimate of drug-likeness (QED) is 0.555. The Morgan fingerprint density at radius 3 is 2.36 bits per heavy atom. The van der Waals surface area contributed by atoms with Gasteiger partial charge in [-0.3, -0.25) is 0 Å². The molecular formula is C18H12FN3. The average molecular weight is 289 g/mol. The predicted molar refractivity (Wildman–Crippen MR) is 84.7 cm³/mol. The Kier molecular flexibility index (Phi) is 2.93. The molecule has 2 aromatic heterocycles. The Labute approximate surface area is 126 Å². The number of pyridine rings is 1. The zero-order chi connectivity index (χ0) is 14.9. The van der Waals surface area contributed by atoms with Crippen LogP contribution in [-0.2, 0) is 0 Å². The molecule has 22 heavy (non-hydrogen) atoms. The third-order valence-electron chi connectivity index (χ3n) is 3.61. The number of nitrogens with zero attached hydrogens (tertiary/aromatic N) is 2. The summed E-state index contributed by atoms with van der Waals surface area (Å²) in [5.74, 6) is 0.354. The SMILES string of the molecule is Fc1cc(-c2ccc(-c3nc4ccccc4[nH]3)cc2)ccn1. The molecule has 0 unspecified atom stereocenters. The third kappa shape index (κ3) is 2.24. The van der Waals surface area contributed by atoms with Crippen molar-refractivity contribution in [2.75, 3.05) is 0 Å². The van der Waals surface area contributed by atoms with Gasteiger partial charge in [0.25, 0.3) is 0 Å². The van der Waals surface area contributed by atoms with Gasteiger partial charge in [-0.2, -0.15) is 4.39 Å². The summed E-state index contributed by atoms with van der Waals surface area (Å²) < 4.78 is 13.2. The highest BCUT2D eigenvalue weighted by Gasteiger charge is 2.06. The normalized spacial score (nSPS) is 11.0. The van der Waals surface area contributed by atoms with Gasteiger partial charge in [-0.1, -0.05) is 36.4 Å². The smallest absolute Gasteiger partial charge is 0.213 e. The maximum Gasteiger partial charge on any atom is 0.213 e. The number of rotatable bonds is 2. The Bertz CT molecular complexity index is 909. The van der Waals surface area contributed by atoms with Crippen molar-refractivity contribution in [3.8, 4) is 22.5 Å². The molecule has 4 heteroatoms. The summed E-state index contributed by atoms with van der Waals surface area (Å²) in [7, 11) is 0. The number of nitrogens with one attached hydrogen (secondary N) is 1. The van der Waals surface area contributed by atoms with Gasteiger partial charge in [0.15, 0.2) is 0 Å². The van der Waals surface area contributed by atoms with Crippen LogP contribution in [0, 0.1) is 5.95 Å². The maximum atomic E-state index is 13.2. The van der Waals surface area contributed by atoms with Gasteiger partial charge in [0.1, 0.15) is 5.82 Å². The summed E-state index contributed by atoms with van der Waals surface area (Å²) in [5.41, 5.74) is 4.70. The number of para-hydroxylation sites is 2. The number of hydrogen-bond acceptors (Lipinski definition) is 2. The molecule has 0 aliphatic heterocycles. The number of hydrogen-bond donors (Lipinski definition) is 1. The Morgan fingerprint density at radius 2 is 1.59 bits per heavy atom. The number of aromatic amines is 1. The Balaban J connectivity index is 1.72. The third-order valence-corrected chi connectivity index (χ3v) is 3.61. The maximum absolute atomic E-state index is 13.2. The van der Waals surface area contributed by atoms with E-state index in [-0.39, 0.29) is 0 Å². The molecule has 0 aliphatic rings. The molecule has 0 fully saturated rings. The van der Waals surface area contributed by atoms with E-state index in [1.54, 1.807) is 6.07 Å². The van der Waals surface area contributed by atoms with Gasteiger partial charge < -0.3 is 4.98 Å². The fraction of sp³-hybridized carbons (Fsp3) is 0. The number of fused-ring (bicyclic) bond motifs is 1. The summed E-state index contributed by atoms with van der Waals surface area (Å²) in [6.07, 6.45) is 1.47. The minimum Gasteiger partial charge on any atom is -0.338 e. The summed E-state index contributed by atoms with van der Waals surface area (Å²) in [6.45, 7) is 0. The van der Waals surface area contributed by atoms with Crippen molar-refractivity contribution in [1.82, 2.24) is 15.0 Å². The van der Waals surface area contributed by atoms with Crippen LogP contribution in [0.1, 0.15) is 0 Å². The number of halogens is 1. The molecular weight excluding hydrogens is 277 g/mol. The second kappa shape index (κ2) is 5.07. The van der Waals surface area contributed by atoms with Crippen LogP contribution in [0.15, 0.2) is 66.9 Å². The van der Waals surface area contributed by atoms with E-state index >= 15 is 0 Å². The van der Waals surface area contributed by atoms with E-state index in [1.165, 1.54) is 12.3 Å². The lowest BCUT2D eigenvalue weighted by atomic mass is 10.1. The van der Waals surface area contributed by atoms with Crippen molar-refractivity contribution in [2.24, 2.45) is 0 Å². The number of imidazole rings is 1. The van der Waals surface area contributed by atoms with E-state index in [9.17, 15) is 4.39 Å². The predicted octanol–water partition coefficient (Wildman–Crippen LogP) is 4.43. The van der Waals surface area contributed by atoms with Gasteiger partial charge in [0.05, 0.1) is 11.0 Å². The van der Waals surface area contributed by atoms with E-state index in [2.05, 4.69) is 15.0 Å². The second-order valence-electron chi connectivity index (χ2n) is 5.05. The zero-order valence-corrected chi connectivity index (χ0v) is 11.6. The molecule has 106 valence electrons. The van der Waals surface area contributed by atoms with Gasteiger partial charge in [-0.05, 0) is 29.3 Å². The standard InChI is InChI=1S/C18H12FN3/c19-17-11-14(9-10-20-17)12-5-7-13(8-6-12)18-21-15-3-1-2-4-16(15)22-18/h1-11H,(H,21,22). The van der Waals surface area contributed by atoms with Gasteiger partial charge in [-0.25, -0.2) is 9.97 Å². The molecule has 1 N–H and O–H groups in total. The van der Waals surface area contributed by atoms with Gasteiger partial charge >= 0.3 is 0 Å². The lowest BCUT2D eigenvalue weighted by Crippen LogP contribution is -1.85. The van der Waals surface area contributed by atoms with E-state index in [0.717, 1.165) is 33.5 Å². The summed E-state index contributed by atoms with van der Waals surface area (Å²) in [5, 5.41) is 0. The number of aromatic nitrogens is 3. The largest absolute Gasteiger partial charge is 0.338 e. The molecule has 0 saturated carbocycles. The molecule has 0 spiro atoms. The minimum absolute atomic E-state index is 0.473. The van der Waals surface area contributed by atoms with Crippen LogP contribution in [0.25, 0.3) is 33.5 Å². The molecule has 4 aromatic rings. The first-order valence-electron chi connectivity index (χ1n) is 6.97. The highest BCUT2D eigenvalue weighted by Crippen LogP contribution is 2.24. The molecule has 0 bridgehead atoms. The van der Waals surface area contributed by atoms with Crippen molar-refractivity contribution in [3.63, 3.8) is 0 Å². The average Bonchev–Trinajstić information content (AvgIpc) is 2.99. The van der Waals surface area contributed by atoms with Crippen LogP contribution in [0.2, 0.25) is 0 Å². The first-order chi connectivity index (χ1) is 10.8. The summed E-state index contributed by atoms with van der Waals surface area (Å²) in [4.78, 5) is 11.4. The van der Waals surface area contributed by atoms with Crippen LogP contribution in [-0.4, -0.2) is 15.0 Å². The van der Waals surface area contributed by atoms with Crippen LogP contribution in [0.4, 0.5) is 4.39 Å². The molecule has 0 aliphatic carbocycles. The molecule has 0 amide bonds. The monoisotopic (exact) mass is 289 g/mol. The molecule has 3 nitrogen and oxygen atoms in total. The van der Waals surface area contributed by atoms with Crippen LogP contribution in [0.5, 0.6) is 0 Å². The van der Waals surface area contributed by atoms with Crippen molar-refractivity contribution in [3.05, 3.63) is 72.8 Å². The molecule has 2 heterocycles. The molecule has 0 saturated heterocycles. The van der Waals surface area contributed by atoms with E-state index < -0.39 is 5.95 Å². The second-order valence-corrected chi connectivity index (χ2v) is 5.05. The fourth-order valence-electron chi connectivity index (χ4n) is 2.49. The van der Waals surface area contributed by atoms with Gasteiger partial charge in [0.2, 0.25) is 5.95 Å². The molecule has 4 rings (SSSR count). The summed E-state index contributed by atoms with van der Waals surface area (Å²) >= 11 is 0. The zero-order valence-electron chi connectivity index (χ0n) is 11.6. The van der Waals surface area contributed by atoms with E-state index in [0.29, 0.717) is 0 Å². The number of benzene rings is 2. The molecule has 0 radical (unpaired) electrons. The number of H-pyrrole nitrogens is 1. The van der Waals surface area contributed by atoms with Gasteiger partial charge in [-0.15, -0.1) is 0 Å². The lowest BCUT2D eigenvalue weighted by Gasteiger charge is -2.03. The van der Waals surface area contributed by atoms with Crippen molar-refractivity contribution in [1.29, 1.82) is 0 Å². The van der Waals surface area contributed by atoms with Crippen LogP contribution in [0.3, 0.4) is 0 Å². The van der Waals surface area contributed by atoms with Crippen LogP contribution < -0.4 is 0 Å². The van der Waals surface area contributed by atoms with Crippen molar-refractivity contribution >= 4 is 11.0 Å².